The van der Waals surface area contributed by atoms with E-state index < -0.39 is 0 Å². The second-order valence-corrected chi connectivity index (χ2v) is 5.01. The highest BCUT2D eigenvalue weighted by atomic mass is 35.5. The molecule has 19 heavy (non-hydrogen) atoms. The lowest BCUT2D eigenvalue weighted by Gasteiger charge is -2.05. The van der Waals surface area contributed by atoms with Gasteiger partial charge in [0.25, 0.3) is 0 Å². The predicted octanol–water partition coefficient (Wildman–Crippen LogP) is 3.40. The monoisotopic (exact) mass is 271 g/mol. The van der Waals surface area contributed by atoms with E-state index in [9.17, 15) is 0 Å². The van der Waals surface area contributed by atoms with Crippen molar-refractivity contribution in [3.8, 4) is 0 Å². The van der Waals surface area contributed by atoms with Crippen molar-refractivity contribution >= 4 is 28.3 Å². The van der Waals surface area contributed by atoms with E-state index in [0.717, 1.165) is 22.4 Å². The van der Waals surface area contributed by atoms with E-state index in [1.807, 2.05) is 37.4 Å². The molecule has 0 aliphatic heterocycles. The van der Waals surface area contributed by atoms with E-state index in [0.29, 0.717) is 17.1 Å². The summed E-state index contributed by atoms with van der Waals surface area (Å²) in [6.45, 7) is 0. The molecule has 1 heterocycles. The summed E-state index contributed by atoms with van der Waals surface area (Å²) in [5, 5.41) is 0.687. The summed E-state index contributed by atoms with van der Waals surface area (Å²) in [4.78, 5) is 4.64. The van der Waals surface area contributed by atoms with Gasteiger partial charge in [-0.25, -0.2) is 4.98 Å². The quantitative estimate of drug-likeness (QED) is 0.726. The zero-order valence-corrected chi connectivity index (χ0v) is 11.4. The lowest BCUT2D eigenvalue weighted by molar-refractivity contribution is 0.845. The molecular formula is C15H14ClN3. The molecule has 0 amide bonds. The number of fused-ring (bicyclic) bond motifs is 1. The van der Waals surface area contributed by atoms with Crippen molar-refractivity contribution in [2.45, 2.75) is 6.42 Å². The first kappa shape index (κ1) is 12.1. The number of aromatic nitrogens is 2. The molecule has 0 aliphatic rings. The van der Waals surface area contributed by atoms with Crippen LogP contribution in [0.5, 0.6) is 0 Å². The minimum Gasteiger partial charge on any atom is -0.399 e. The predicted molar refractivity (Wildman–Crippen MR) is 79.4 cm³/mol. The van der Waals surface area contributed by atoms with Gasteiger partial charge >= 0.3 is 0 Å². The molecule has 3 rings (SSSR count). The van der Waals surface area contributed by atoms with Crippen molar-refractivity contribution in [3.63, 3.8) is 0 Å². The summed E-state index contributed by atoms with van der Waals surface area (Å²) in [5.74, 6) is 0.993. The van der Waals surface area contributed by atoms with Gasteiger partial charge in [-0.3, -0.25) is 0 Å². The Morgan fingerprint density at radius 1 is 1.21 bits per heavy atom. The summed E-state index contributed by atoms with van der Waals surface area (Å²) in [7, 11) is 2.02. The summed E-state index contributed by atoms with van der Waals surface area (Å²) in [5.41, 5.74) is 9.56. The maximum atomic E-state index is 6.21. The van der Waals surface area contributed by atoms with Crippen LogP contribution in [0.4, 0.5) is 5.69 Å². The molecule has 0 saturated heterocycles. The van der Waals surface area contributed by atoms with Crippen LogP contribution < -0.4 is 5.73 Å². The van der Waals surface area contributed by atoms with E-state index in [1.54, 1.807) is 6.07 Å². The molecule has 0 saturated carbocycles. The standard InChI is InChI=1S/C15H14ClN3/c1-19-14-5-3-2-4-13(14)18-15(19)8-10-6-7-11(17)9-12(10)16/h2-7,9H,8,17H2,1H3. The Balaban J connectivity index is 2.03. The van der Waals surface area contributed by atoms with Gasteiger partial charge in [0.15, 0.2) is 0 Å². The SMILES string of the molecule is Cn1c(Cc2ccc(N)cc2Cl)nc2ccccc21. The number of anilines is 1. The molecule has 2 N–H and O–H groups in total. The highest BCUT2D eigenvalue weighted by molar-refractivity contribution is 6.31. The number of rotatable bonds is 2. The van der Waals surface area contributed by atoms with Crippen LogP contribution in [-0.4, -0.2) is 9.55 Å². The fraction of sp³-hybridized carbons (Fsp3) is 0.133. The van der Waals surface area contributed by atoms with Crippen molar-refractivity contribution in [2.75, 3.05) is 5.73 Å². The second-order valence-electron chi connectivity index (χ2n) is 4.60. The maximum absolute atomic E-state index is 6.21. The third-order valence-corrected chi connectivity index (χ3v) is 3.66. The summed E-state index contributed by atoms with van der Waals surface area (Å²) < 4.78 is 2.10. The average Bonchev–Trinajstić information content (AvgIpc) is 2.70. The maximum Gasteiger partial charge on any atom is 0.114 e. The van der Waals surface area contributed by atoms with E-state index >= 15 is 0 Å². The van der Waals surface area contributed by atoms with Crippen LogP contribution in [0.2, 0.25) is 5.02 Å². The third kappa shape index (κ3) is 2.17. The molecule has 4 heteroatoms. The minimum absolute atomic E-state index is 0.679. The number of aryl methyl sites for hydroxylation is 1. The first-order chi connectivity index (χ1) is 9.15. The summed E-state index contributed by atoms with van der Waals surface area (Å²) in [6.07, 6.45) is 0.699. The Morgan fingerprint density at radius 3 is 2.74 bits per heavy atom. The van der Waals surface area contributed by atoms with Crippen LogP contribution in [0.1, 0.15) is 11.4 Å². The molecular weight excluding hydrogens is 258 g/mol. The molecule has 1 aromatic heterocycles. The molecule has 0 spiro atoms. The Kier molecular flexibility index (Phi) is 2.91. The van der Waals surface area contributed by atoms with E-state index in [2.05, 4.69) is 15.6 Å². The molecule has 2 aromatic carbocycles. The summed E-state index contributed by atoms with van der Waals surface area (Å²) in [6, 6.07) is 13.7. The Hall–Kier alpha value is -2.00. The smallest absolute Gasteiger partial charge is 0.114 e. The highest BCUT2D eigenvalue weighted by Crippen LogP contribution is 2.23. The van der Waals surface area contributed by atoms with Gasteiger partial charge in [0.1, 0.15) is 5.82 Å². The van der Waals surface area contributed by atoms with Crippen LogP contribution >= 0.6 is 11.6 Å². The van der Waals surface area contributed by atoms with E-state index in [4.69, 9.17) is 17.3 Å². The van der Waals surface area contributed by atoms with Gasteiger partial charge in [-0.2, -0.15) is 0 Å². The first-order valence-corrected chi connectivity index (χ1v) is 6.47. The number of nitrogen functional groups attached to an aromatic ring is 1. The zero-order valence-electron chi connectivity index (χ0n) is 10.6. The summed E-state index contributed by atoms with van der Waals surface area (Å²) >= 11 is 6.21. The molecule has 0 radical (unpaired) electrons. The molecule has 96 valence electrons. The van der Waals surface area contributed by atoms with Gasteiger partial charge in [0.2, 0.25) is 0 Å². The number of para-hydroxylation sites is 2. The molecule has 3 nitrogen and oxygen atoms in total. The molecule has 0 aliphatic carbocycles. The zero-order chi connectivity index (χ0) is 13.4. The van der Waals surface area contributed by atoms with Gasteiger partial charge in [-0.15, -0.1) is 0 Å². The van der Waals surface area contributed by atoms with Crippen molar-refractivity contribution in [3.05, 3.63) is 58.9 Å². The molecule has 0 atom stereocenters. The molecule has 0 fully saturated rings. The van der Waals surface area contributed by atoms with Gasteiger partial charge in [0, 0.05) is 24.2 Å². The van der Waals surface area contributed by atoms with Crippen LogP contribution in [0.3, 0.4) is 0 Å². The van der Waals surface area contributed by atoms with Crippen molar-refractivity contribution in [2.24, 2.45) is 7.05 Å². The van der Waals surface area contributed by atoms with Crippen LogP contribution in [-0.2, 0) is 13.5 Å². The number of halogens is 1. The highest BCUT2D eigenvalue weighted by Gasteiger charge is 2.09. The van der Waals surface area contributed by atoms with Crippen molar-refractivity contribution < 1.29 is 0 Å². The van der Waals surface area contributed by atoms with Gasteiger partial charge < -0.3 is 10.3 Å². The fourth-order valence-electron chi connectivity index (χ4n) is 2.23. The topological polar surface area (TPSA) is 43.8 Å². The number of benzene rings is 2. The fourth-order valence-corrected chi connectivity index (χ4v) is 2.49. The lowest BCUT2D eigenvalue weighted by Crippen LogP contribution is -2.00. The van der Waals surface area contributed by atoms with E-state index in [1.165, 1.54) is 0 Å². The number of nitrogens with zero attached hydrogens (tertiary/aromatic N) is 2. The minimum atomic E-state index is 0.679. The molecule has 0 unspecified atom stereocenters. The molecule has 3 aromatic rings. The Labute approximate surface area is 116 Å². The van der Waals surface area contributed by atoms with Gasteiger partial charge in [-0.1, -0.05) is 29.8 Å². The third-order valence-electron chi connectivity index (χ3n) is 3.31. The van der Waals surface area contributed by atoms with Crippen molar-refractivity contribution in [1.82, 2.24) is 9.55 Å². The van der Waals surface area contributed by atoms with Gasteiger partial charge in [0.05, 0.1) is 11.0 Å². The number of hydrogen-bond donors (Lipinski definition) is 1. The normalized spacial score (nSPS) is 11.1. The van der Waals surface area contributed by atoms with Crippen molar-refractivity contribution in [1.29, 1.82) is 0 Å². The molecule has 0 bridgehead atoms. The van der Waals surface area contributed by atoms with Crippen LogP contribution in [0.25, 0.3) is 11.0 Å². The van der Waals surface area contributed by atoms with Crippen LogP contribution in [0.15, 0.2) is 42.5 Å². The van der Waals surface area contributed by atoms with Crippen LogP contribution in [0, 0.1) is 0 Å². The van der Waals surface area contributed by atoms with E-state index in [-0.39, 0.29) is 0 Å². The Bertz CT molecular complexity index is 746. The largest absolute Gasteiger partial charge is 0.399 e. The number of nitrogens with two attached hydrogens (primary N) is 1. The number of imidazole rings is 1. The Morgan fingerprint density at radius 2 is 2.00 bits per heavy atom. The second kappa shape index (κ2) is 4.59. The lowest BCUT2D eigenvalue weighted by atomic mass is 10.1. The van der Waals surface area contributed by atoms with Gasteiger partial charge in [-0.05, 0) is 29.8 Å². The average molecular weight is 272 g/mol. The number of hydrogen-bond acceptors (Lipinski definition) is 2. The first-order valence-electron chi connectivity index (χ1n) is 6.09.